The van der Waals surface area contributed by atoms with E-state index in [4.69, 9.17) is 22.1 Å². The molecular weight excluding hydrogens is 278 g/mol. The van der Waals surface area contributed by atoms with Crippen LogP contribution >= 0.6 is 11.6 Å². The molecule has 0 aromatic heterocycles. The second kappa shape index (κ2) is 8.09. The molecule has 1 atom stereocenters. The van der Waals surface area contributed by atoms with Gasteiger partial charge in [0, 0.05) is 19.3 Å². The summed E-state index contributed by atoms with van der Waals surface area (Å²) in [4.78, 5) is 14.2. The van der Waals surface area contributed by atoms with Gasteiger partial charge in [0.2, 0.25) is 5.91 Å². The maximum atomic E-state index is 12.2. The lowest BCUT2D eigenvalue weighted by molar-refractivity contribution is -0.120. The van der Waals surface area contributed by atoms with Crippen molar-refractivity contribution < 1.29 is 9.53 Å². The van der Waals surface area contributed by atoms with Gasteiger partial charge >= 0.3 is 0 Å². The van der Waals surface area contributed by atoms with Crippen LogP contribution in [0, 0.1) is 0 Å². The van der Waals surface area contributed by atoms with Crippen molar-refractivity contribution in [3.05, 3.63) is 23.2 Å². The minimum Gasteiger partial charge on any atom is -0.397 e. The molecule has 1 rings (SSSR count). The Kier molecular flexibility index (Phi) is 6.78. The van der Waals surface area contributed by atoms with Crippen molar-refractivity contribution in [2.24, 2.45) is 0 Å². The van der Waals surface area contributed by atoms with Gasteiger partial charge in [-0.3, -0.25) is 9.69 Å². The standard InChI is InChI=1S/C14H22ClN3O2/c1-4-18(7-8-20-3)10(2)14(19)17-11-5-6-12(15)13(16)9-11/h5-6,9-10H,4,7-8,16H2,1-3H3,(H,17,19). The van der Waals surface area contributed by atoms with Crippen LogP contribution in [0.5, 0.6) is 0 Å². The van der Waals surface area contributed by atoms with Gasteiger partial charge in [-0.05, 0) is 31.7 Å². The zero-order chi connectivity index (χ0) is 15.1. The van der Waals surface area contributed by atoms with Gasteiger partial charge in [-0.25, -0.2) is 0 Å². The summed E-state index contributed by atoms with van der Waals surface area (Å²) in [6.07, 6.45) is 0. The van der Waals surface area contributed by atoms with Gasteiger partial charge in [-0.2, -0.15) is 0 Å². The monoisotopic (exact) mass is 299 g/mol. The van der Waals surface area contributed by atoms with E-state index in [9.17, 15) is 4.79 Å². The first-order chi connectivity index (χ1) is 9.49. The Morgan fingerprint density at radius 3 is 2.80 bits per heavy atom. The molecule has 5 nitrogen and oxygen atoms in total. The van der Waals surface area contributed by atoms with E-state index < -0.39 is 0 Å². The fraction of sp³-hybridized carbons (Fsp3) is 0.500. The molecule has 1 aromatic rings. The predicted molar refractivity (Wildman–Crippen MR) is 83.1 cm³/mol. The molecule has 0 fully saturated rings. The molecule has 0 aliphatic heterocycles. The topological polar surface area (TPSA) is 67.6 Å². The van der Waals surface area contributed by atoms with E-state index in [1.165, 1.54) is 0 Å². The number of methoxy groups -OCH3 is 1. The molecule has 1 unspecified atom stereocenters. The molecule has 1 amide bonds. The molecule has 0 heterocycles. The molecule has 20 heavy (non-hydrogen) atoms. The van der Waals surface area contributed by atoms with E-state index in [1.54, 1.807) is 25.3 Å². The van der Waals surface area contributed by atoms with Gasteiger partial charge < -0.3 is 15.8 Å². The summed E-state index contributed by atoms with van der Waals surface area (Å²) >= 11 is 5.85. The van der Waals surface area contributed by atoms with Crippen LogP contribution in [0.25, 0.3) is 0 Å². The zero-order valence-electron chi connectivity index (χ0n) is 12.1. The summed E-state index contributed by atoms with van der Waals surface area (Å²) in [7, 11) is 1.65. The average Bonchev–Trinajstić information content (AvgIpc) is 2.43. The number of rotatable bonds is 7. The lowest BCUT2D eigenvalue weighted by Crippen LogP contribution is -2.43. The number of nitrogens with one attached hydrogen (secondary N) is 1. The summed E-state index contributed by atoms with van der Waals surface area (Å²) in [6.45, 7) is 5.97. The van der Waals surface area contributed by atoms with Gasteiger partial charge in [0.1, 0.15) is 0 Å². The summed E-state index contributed by atoms with van der Waals surface area (Å²) in [5.41, 5.74) is 6.81. The molecule has 0 saturated heterocycles. The molecule has 3 N–H and O–H groups in total. The smallest absolute Gasteiger partial charge is 0.241 e. The number of ether oxygens (including phenoxy) is 1. The Labute approximate surface area is 125 Å². The summed E-state index contributed by atoms with van der Waals surface area (Å²) in [5.74, 6) is -0.0790. The van der Waals surface area contributed by atoms with E-state index in [1.807, 2.05) is 18.7 Å². The van der Waals surface area contributed by atoms with Crippen LogP contribution in [-0.4, -0.2) is 43.7 Å². The second-order valence-electron chi connectivity index (χ2n) is 4.52. The van der Waals surface area contributed by atoms with E-state index in [2.05, 4.69) is 5.32 Å². The Morgan fingerprint density at radius 2 is 2.25 bits per heavy atom. The molecule has 0 radical (unpaired) electrons. The number of hydrogen-bond acceptors (Lipinski definition) is 4. The number of carbonyl (C=O) groups is 1. The van der Waals surface area contributed by atoms with Crippen LogP contribution in [0.15, 0.2) is 18.2 Å². The summed E-state index contributed by atoms with van der Waals surface area (Å²) < 4.78 is 5.05. The predicted octanol–water partition coefficient (Wildman–Crippen LogP) is 2.22. The molecule has 112 valence electrons. The van der Waals surface area contributed by atoms with Crippen molar-refractivity contribution in [2.75, 3.05) is 37.9 Å². The number of likely N-dealkylation sites (N-methyl/N-ethyl adjacent to an activating group) is 1. The SMILES string of the molecule is CCN(CCOC)C(C)C(=O)Nc1ccc(Cl)c(N)c1. The minimum absolute atomic E-state index is 0.0790. The third-order valence-electron chi connectivity index (χ3n) is 3.18. The van der Waals surface area contributed by atoms with Gasteiger partial charge in [0.15, 0.2) is 0 Å². The lowest BCUT2D eigenvalue weighted by atomic mass is 10.2. The number of amides is 1. The summed E-state index contributed by atoms with van der Waals surface area (Å²) in [5, 5.41) is 3.32. The fourth-order valence-electron chi connectivity index (χ4n) is 1.87. The van der Waals surface area contributed by atoms with Crippen molar-refractivity contribution in [1.29, 1.82) is 0 Å². The Hall–Kier alpha value is -1.30. The van der Waals surface area contributed by atoms with Crippen LogP contribution in [0.2, 0.25) is 5.02 Å². The molecule has 6 heteroatoms. The Balaban J connectivity index is 2.66. The quantitative estimate of drug-likeness (QED) is 0.758. The summed E-state index contributed by atoms with van der Waals surface area (Å²) in [6, 6.07) is 4.80. The number of benzene rings is 1. The van der Waals surface area contributed by atoms with E-state index >= 15 is 0 Å². The second-order valence-corrected chi connectivity index (χ2v) is 4.93. The maximum Gasteiger partial charge on any atom is 0.241 e. The van der Waals surface area contributed by atoms with Crippen LogP contribution in [0.4, 0.5) is 11.4 Å². The van der Waals surface area contributed by atoms with E-state index in [-0.39, 0.29) is 11.9 Å². The number of halogens is 1. The van der Waals surface area contributed by atoms with Crippen molar-refractivity contribution in [1.82, 2.24) is 4.90 Å². The lowest BCUT2D eigenvalue weighted by Gasteiger charge is -2.26. The molecule has 0 aliphatic rings. The Bertz CT molecular complexity index is 454. The van der Waals surface area contributed by atoms with Crippen molar-refractivity contribution in [2.45, 2.75) is 19.9 Å². The van der Waals surface area contributed by atoms with E-state index in [0.717, 1.165) is 6.54 Å². The normalized spacial score (nSPS) is 12.4. The van der Waals surface area contributed by atoms with Crippen molar-refractivity contribution >= 4 is 28.9 Å². The number of nitrogens with two attached hydrogens (primary N) is 1. The van der Waals surface area contributed by atoms with Crippen molar-refractivity contribution in [3.63, 3.8) is 0 Å². The average molecular weight is 300 g/mol. The number of carbonyl (C=O) groups excluding carboxylic acids is 1. The maximum absolute atomic E-state index is 12.2. The largest absolute Gasteiger partial charge is 0.397 e. The number of nitrogen functional groups attached to an aromatic ring is 1. The number of nitrogens with zero attached hydrogens (tertiary/aromatic N) is 1. The van der Waals surface area contributed by atoms with E-state index in [0.29, 0.717) is 29.5 Å². The Morgan fingerprint density at radius 1 is 1.55 bits per heavy atom. The molecule has 0 bridgehead atoms. The first-order valence-corrected chi connectivity index (χ1v) is 6.96. The molecular formula is C14H22ClN3O2. The number of hydrogen-bond donors (Lipinski definition) is 2. The van der Waals surface area contributed by atoms with Crippen LogP contribution < -0.4 is 11.1 Å². The van der Waals surface area contributed by atoms with Crippen LogP contribution in [0.1, 0.15) is 13.8 Å². The number of anilines is 2. The highest BCUT2D eigenvalue weighted by Gasteiger charge is 2.19. The molecule has 0 spiro atoms. The van der Waals surface area contributed by atoms with Crippen molar-refractivity contribution in [3.8, 4) is 0 Å². The van der Waals surface area contributed by atoms with Crippen LogP contribution in [-0.2, 0) is 9.53 Å². The third kappa shape index (κ3) is 4.67. The van der Waals surface area contributed by atoms with Gasteiger partial charge in [-0.1, -0.05) is 18.5 Å². The highest BCUT2D eigenvalue weighted by molar-refractivity contribution is 6.33. The van der Waals surface area contributed by atoms with Gasteiger partial charge in [0.05, 0.1) is 23.4 Å². The highest BCUT2D eigenvalue weighted by atomic mass is 35.5. The third-order valence-corrected chi connectivity index (χ3v) is 3.52. The fourth-order valence-corrected chi connectivity index (χ4v) is 1.99. The molecule has 1 aromatic carbocycles. The highest BCUT2D eigenvalue weighted by Crippen LogP contribution is 2.22. The van der Waals surface area contributed by atoms with Crippen LogP contribution in [0.3, 0.4) is 0 Å². The minimum atomic E-state index is -0.243. The van der Waals surface area contributed by atoms with Gasteiger partial charge in [-0.15, -0.1) is 0 Å². The first-order valence-electron chi connectivity index (χ1n) is 6.58. The molecule has 0 aliphatic carbocycles. The van der Waals surface area contributed by atoms with Gasteiger partial charge in [0.25, 0.3) is 0 Å². The zero-order valence-corrected chi connectivity index (χ0v) is 12.9. The molecule has 0 saturated carbocycles. The first kappa shape index (κ1) is 16.8.